The van der Waals surface area contributed by atoms with Gasteiger partial charge in [-0.3, -0.25) is 0 Å². The van der Waals surface area contributed by atoms with Gasteiger partial charge in [0.25, 0.3) is 0 Å². The van der Waals surface area contributed by atoms with Crippen molar-refractivity contribution >= 4 is 17.1 Å². The fourth-order valence-electron chi connectivity index (χ4n) is 1.94. The molecule has 1 aromatic carbocycles. The zero-order valence-electron chi connectivity index (χ0n) is 8.80. The molecule has 0 spiro atoms. The van der Waals surface area contributed by atoms with E-state index in [0.717, 1.165) is 16.7 Å². The second-order valence-electron chi connectivity index (χ2n) is 3.96. The van der Waals surface area contributed by atoms with Crippen molar-refractivity contribution in [2.24, 2.45) is 0 Å². The third-order valence-corrected chi connectivity index (χ3v) is 2.86. The van der Waals surface area contributed by atoms with Crippen LogP contribution < -0.4 is 5.32 Å². The summed E-state index contributed by atoms with van der Waals surface area (Å²) in [7, 11) is 1.78. The number of nitrogens with one attached hydrogen (secondary N) is 1. The molecular formula is C11H11N3O2. The molecule has 2 heterocycles. The molecule has 1 fully saturated rings. The lowest BCUT2D eigenvalue weighted by Crippen LogP contribution is -2.23. The number of hydrogen-bond acceptors (Lipinski definition) is 3. The van der Waals surface area contributed by atoms with Gasteiger partial charge in [-0.25, -0.2) is 9.78 Å². The Bertz CT molecular complexity index is 549. The third kappa shape index (κ3) is 1.32. The van der Waals surface area contributed by atoms with Gasteiger partial charge in [-0.2, -0.15) is 0 Å². The van der Waals surface area contributed by atoms with Crippen LogP contribution in [0, 0.1) is 0 Å². The summed E-state index contributed by atoms with van der Waals surface area (Å²) in [4.78, 5) is 17.1. The number of oxazole rings is 1. The highest BCUT2D eigenvalue weighted by atomic mass is 16.3. The molecule has 1 N–H and O–H groups in total. The quantitative estimate of drug-likeness (QED) is 0.787. The van der Waals surface area contributed by atoms with Crippen LogP contribution in [0.15, 0.2) is 29.0 Å². The van der Waals surface area contributed by atoms with E-state index < -0.39 is 0 Å². The molecule has 1 atom stereocenters. The van der Waals surface area contributed by atoms with Gasteiger partial charge in [0.2, 0.25) is 0 Å². The maximum Gasteiger partial charge on any atom is 0.317 e. The van der Waals surface area contributed by atoms with Crippen LogP contribution in [0.1, 0.15) is 11.6 Å². The smallest absolute Gasteiger partial charge is 0.317 e. The van der Waals surface area contributed by atoms with E-state index in [4.69, 9.17) is 4.42 Å². The van der Waals surface area contributed by atoms with Crippen LogP contribution in [0.5, 0.6) is 0 Å². The monoisotopic (exact) mass is 217 g/mol. The van der Waals surface area contributed by atoms with E-state index in [2.05, 4.69) is 10.3 Å². The van der Waals surface area contributed by atoms with Crippen LogP contribution >= 0.6 is 0 Å². The van der Waals surface area contributed by atoms with Gasteiger partial charge >= 0.3 is 6.03 Å². The Morgan fingerprint density at radius 2 is 2.44 bits per heavy atom. The second kappa shape index (κ2) is 3.23. The van der Waals surface area contributed by atoms with Crippen molar-refractivity contribution in [3.05, 3.63) is 30.2 Å². The van der Waals surface area contributed by atoms with E-state index in [1.54, 1.807) is 11.9 Å². The molecule has 0 aliphatic carbocycles. The molecule has 1 unspecified atom stereocenters. The molecule has 1 aromatic heterocycles. The zero-order valence-corrected chi connectivity index (χ0v) is 8.80. The molecule has 0 radical (unpaired) electrons. The minimum Gasteiger partial charge on any atom is -0.443 e. The van der Waals surface area contributed by atoms with Gasteiger partial charge in [0, 0.05) is 13.6 Å². The van der Waals surface area contributed by atoms with Crippen LogP contribution in [0.3, 0.4) is 0 Å². The Kier molecular flexibility index (Phi) is 1.86. The first-order valence-corrected chi connectivity index (χ1v) is 5.09. The van der Waals surface area contributed by atoms with Crippen molar-refractivity contribution in [2.75, 3.05) is 13.6 Å². The molecule has 1 aliphatic rings. The van der Waals surface area contributed by atoms with E-state index in [-0.39, 0.29) is 12.1 Å². The number of benzene rings is 1. The van der Waals surface area contributed by atoms with Crippen LogP contribution in [0.4, 0.5) is 4.79 Å². The number of rotatable bonds is 1. The topological polar surface area (TPSA) is 58.4 Å². The molecule has 16 heavy (non-hydrogen) atoms. The molecule has 2 aromatic rings. The van der Waals surface area contributed by atoms with Crippen LogP contribution in [0.25, 0.3) is 11.1 Å². The molecular weight excluding hydrogens is 206 g/mol. The second-order valence-corrected chi connectivity index (χ2v) is 3.96. The minimum atomic E-state index is -0.0392. The number of carbonyl (C=O) groups excluding carboxylic acids is 1. The Labute approximate surface area is 92.1 Å². The van der Waals surface area contributed by atoms with Gasteiger partial charge in [-0.05, 0) is 17.7 Å². The first-order chi connectivity index (χ1) is 7.74. The van der Waals surface area contributed by atoms with Crippen molar-refractivity contribution in [1.82, 2.24) is 15.2 Å². The number of aromatic nitrogens is 1. The lowest BCUT2D eigenvalue weighted by atomic mass is 10.1. The maximum absolute atomic E-state index is 11.4. The summed E-state index contributed by atoms with van der Waals surface area (Å²) >= 11 is 0. The van der Waals surface area contributed by atoms with Gasteiger partial charge in [0.05, 0.1) is 6.04 Å². The summed E-state index contributed by atoms with van der Waals surface area (Å²) in [6, 6.07) is 5.79. The first-order valence-electron chi connectivity index (χ1n) is 5.09. The van der Waals surface area contributed by atoms with Crippen molar-refractivity contribution in [3.8, 4) is 0 Å². The molecule has 82 valence electrons. The third-order valence-electron chi connectivity index (χ3n) is 2.86. The van der Waals surface area contributed by atoms with Crippen molar-refractivity contribution in [1.29, 1.82) is 0 Å². The van der Waals surface area contributed by atoms with E-state index in [1.165, 1.54) is 6.39 Å². The van der Waals surface area contributed by atoms with Crippen LogP contribution in [-0.2, 0) is 0 Å². The summed E-state index contributed by atoms with van der Waals surface area (Å²) in [6.07, 6.45) is 1.42. The average Bonchev–Trinajstić information content (AvgIpc) is 2.85. The SMILES string of the molecule is CN1CC(c2ccc3ncoc3c2)NC1=O. The molecule has 5 heteroatoms. The largest absolute Gasteiger partial charge is 0.443 e. The van der Waals surface area contributed by atoms with Gasteiger partial charge in [0.1, 0.15) is 5.52 Å². The predicted molar refractivity (Wildman–Crippen MR) is 57.9 cm³/mol. The number of fused-ring (bicyclic) bond motifs is 1. The van der Waals surface area contributed by atoms with Crippen LogP contribution in [0.2, 0.25) is 0 Å². The van der Waals surface area contributed by atoms with Crippen molar-refractivity contribution in [2.45, 2.75) is 6.04 Å². The minimum absolute atomic E-state index is 0.0343. The van der Waals surface area contributed by atoms with E-state index in [9.17, 15) is 4.79 Å². The van der Waals surface area contributed by atoms with E-state index in [1.807, 2.05) is 18.2 Å². The molecule has 0 bridgehead atoms. The van der Waals surface area contributed by atoms with E-state index >= 15 is 0 Å². The van der Waals surface area contributed by atoms with Crippen molar-refractivity contribution < 1.29 is 9.21 Å². The first kappa shape index (κ1) is 9.21. The Balaban J connectivity index is 1.97. The number of nitrogens with zero attached hydrogens (tertiary/aromatic N) is 2. The maximum atomic E-state index is 11.4. The predicted octanol–water partition coefficient (Wildman–Crippen LogP) is 1.52. The molecule has 0 saturated carbocycles. The summed E-state index contributed by atoms with van der Waals surface area (Å²) in [5.74, 6) is 0. The van der Waals surface area contributed by atoms with Gasteiger partial charge in [-0.15, -0.1) is 0 Å². The Hall–Kier alpha value is -2.04. The Morgan fingerprint density at radius 3 is 3.19 bits per heavy atom. The summed E-state index contributed by atoms with van der Waals surface area (Å²) in [5.41, 5.74) is 2.63. The summed E-state index contributed by atoms with van der Waals surface area (Å²) < 4.78 is 5.23. The number of hydrogen-bond donors (Lipinski definition) is 1. The molecule has 2 amide bonds. The lowest BCUT2D eigenvalue weighted by Gasteiger charge is -2.08. The molecule has 1 saturated heterocycles. The van der Waals surface area contributed by atoms with Gasteiger partial charge in [0.15, 0.2) is 12.0 Å². The average molecular weight is 217 g/mol. The summed E-state index contributed by atoms with van der Waals surface area (Å²) in [5, 5.41) is 2.90. The number of likely N-dealkylation sites (N-methyl/N-ethyl adjacent to an activating group) is 1. The summed E-state index contributed by atoms with van der Waals surface area (Å²) in [6.45, 7) is 0.679. The standard InChI is InChI=1S/C11H11N3O2/c1-14-5-9(13-11(14)15)7-2-3-8-10(4-7)16-6-12-8/h2-4,6,9H,5H2,1H3,(H,13,15). The number of carbonyl (C=O) groups is 1. The van der Waals surface area contributed by atoms with Gasteiger partial charge < -0.3 is 14.6 Å². The molecule has 5 nitrogen and oxygen atoms in total. The highest BCUT2D eigenvalue weighted by Crippen LogP contribution is 2.23. The van der Waals surface area contributed by atoms with Gasteiger partial charge in [-0.1, -0.05) is 6.07 Å². The fraction of sp³-hybridized carbons (Fsp3) is 0.273. The Morgan fingerprint density at radius 1 is 1.56 bits per heavy atom. The molecule has 3 rings (SSSR count). The van der Waals surface area contributed by atoms with Crippen molar-refractivity contribution in [3.63, 3.8) is 0 Å². The highest BCUT2D eigenvalue weighted by molar-refractivity contribution is 5.78. The molecule has 1 aliphatic heterocycles. The lowest BCUT2D eigenvalue weighted by molar-refractivity contribution is 0.226. The zero-order chi connectivity index (χ0) is 11.1. The normalized spacial score (nSPS) is 20.4. The highest BCUT2D eigenvalue weighted by Gasteiger charge is 2.26. The van der Waals surface area contributed by atoms with Crippen LogP contribution in [-0.4, -0.2) is 29.5 Å². The number of urea groups is 1. The number of amides is 2. The fourth-order valence-corrected chi connectivity index (χ4v) is 1.94. The van der Waals surface area contributed by atoms with E-state index in [0.29, 0.717) is 6.54 Å².